The van der Waals surface area contributed by atoms with Crippen LogP contribution in [0.25, 0.3) is 0 Å². The molecule has 130 valence electrons. The molecule has 0 saturated carbocycles. The van der Waals surface area contributed by atoms with Gasteiger partial charge in [-0.05, 0) is 44.3 Å². The molecule has 24 heavy (non-hydrogen) atoms. The van der Waals surface area contributed by atoms with Crippen molar-refractivity contribution < 1.29 is 4.79 Å². The first-order valence-electron chi connectivity index (χ1n) is 7.84. The lowest BCUT2D eigenvalue weighted by molar-refractivity contribution is -0.112. The number of nitriles is 1. The van der Waals surface area contributed by atoms with E-state index in [4.69, 9.17) is 28.5 Å². The number of hydrogen-bond donors (Lipinski definition) is 2. The van der Waals surface area contributed by atoms with E-state index >= 15 is 0 Å². The molecule has 2 N–H and O–H groups in total. The second-order valence-electron chi connectivity index (χ2n) is 5.08. The maximum absolute atomic E-state index is 12.1. The highest BCUT2D eigenvalue weighted by Crippen LogP contribution is 2.25. The fourth-order valence-corrected chi connectivity index (χ4v) is 2.50. The summed E-state index contributed by atoms with van der Waals surface area (Å²) in [5.41, 5.74) is 0.401. The van der Waals surface area contributed by atoms with Crippen LogP contribution < -0.4 is 10.6 Å². The monoisotopic (exact) mass is 368 g/mol. The molecule has 1 aromatic rings. The Kier molecular flexibility index (Phi) is 9.24. The van der Waals surface area contributed by atoms with Gasteiger partial charge in [-0.2, -0.15) is 5.26 Å². The number of hydrogen-bond acceptors (Lipinski definition) is 4. The van der Waals surface area contributed by atoms with Crippen molar-refractivity contribution in [1.82, 2.24) is 10.2 Å². The highest BCUT2D eigenvalue weighted by atomic mass is 35.5. The number of halogens is 2. The SMILES string of the molecule is CCN(CC)CCCN/C=C(/C#N)C(=O)Nc1ccc(Cl)cc1Cl. The van der Waals surface area contributed by atoms with E-state index in [9.17, 15) is 4.79 Å². The minimum Gasteiger partial charge on any atom is -0.390 e. The lowest BCUT2D eigenvalue weighted by atomic mass is 10.2. The quantitative estimate of drug-likeness (QED) is 0.396. The maximum Gasteiger partial charge on any atom is 0.267 e. The van der Waals surface area contributed by atoms with Gasteiger partial charge >= 0.3 is 0 Å². The van der Waals surface area contributed by atoms with Gasteiger partial charge in [-0.25, -0.2) is 0 Å². The average Bonchev–Trinajstić information content (AvgIpc) is 2.57. The van der Waals surface area contributed by atoms with Gasteiger partial charge in [0.2, 0.25) is 0 Å². The van der Waals surface area contributed by atoms with E-state index in [1.807, 2.05) is 6.07 Å². The highest BCUT2D eigenvalue weighted by molar-refractivity contribution is 6.36. The maximum atomic E-state index is 12.1. The number of rotatable bonds is 9. The van der Waals surface area contributed by atoms with Crippen LogP contribution in [0.4, 0.5) is 5.69 Å². The molecule has 0 radical (unpaired) electrons. The number of nitrogens with one attached hydrogen (secondary N) is 2. The normalized spacial score (nSPS) is 11.2. The molecular formula is C17H22Cl2N4O. The van der Waals surface area contributed by atoms with Gasteiger partial charge in [0.1, 0.15) is 11.6 Å². The van der Waals surface area contributed by atoms with Crippen LogP contribution in [0.2, 0.25) is 10.0 Å². The second-order valence-corrected chi connectivity index (χ2v) is 5.93. The Hall–Kier alpha value is -1.74. The summed E-state index contributed by atoms with van der Waals surface area (Å²) in [4.78, 5) is 14.4. The molecule has 0 aromatic heterocycles. The molecule has 0 spiro atoms. The Morgan fingerprint density at radius 1 is 1.33 bits per heavy atom. The van der Waals surface area contributed by atoms with Crippen molar-refractivity contribution >= 4 is 34.8 Å². The van der Waals surface area contributed by atoms with Crippen molar-refractivity contribution in [2.45, 2.75) is 20.3 Å². The summed E-state index contributed by atoms with van der Waals surface area (Å²) in [5.74, 6) is -0.516. The summed E-state index contributed by atoms with van der Waals surface area (Å²) in [5, 5.41) is 15.5. The Bertz CT molecular complexity index is 622. The molecule has 0 bridgehead atoms. The third-order valence-corrected chi connectivity index (χ3v) is 4.03. The van der Waals surface area contributed by atoms with E-state index in [-0.39, 0.29) is 5.57 Å². The van der Waals surface area contributed by atoms with Gasteiger partial charge in [-0.1, -0.05) is 37.0 Å². The zero-order chi connectivity index (χ0) is 17.9. The summed E-state index contributed by atoms with van der Waals surface area (Å²) < 4.78 is 0. The first-order valence-corrected chi connectivity index (χ1v) is 8.59. The van der Waals surface area contributed by atoms with Crippen molar-refractivity contribution in [2.24, 2.45) is 0 Å². The Morgan fingerprint density at radius 3 is 2.62 bits per heavy atom. The molecular weight excluding hydrogens is 347 g/mol. The summed E-state index contributed by atoms with van der Waals surface area (Å²) in [6, 6.07) is 6.62. The van der Waals surface area contributed by atoms with Crippen LogP contribution in [0, 0.1) is 11.3 Å². The summed E-state index contributed by atoms with van der Waals surface area (Å²) in [6.45, 7) is 7.94. The number of carbonyl (C=O) groups is 1. The predicted octanol–water partition coefficient (Wildman–Crippen LogP) is 3.66. The standard InChI is InChI=1S/C17H22Cl2N4O/c1-3-23(4-2)9-5-8-21-12-13(11-20)17(24)22-16-7-6-14(18)10-15(16)19/h6-7,10,12,21H,3-5,8-9H2,1-2H3,(H,22,24)/b13-12-. The van der Waals surface area contributed by atoms with Crippen molar-refractivity contribution in [1.29, 1.82) is 5.26 Å². The fraction of sp³-hybridized carbons (Fsp3) is 0.412. The van der Waals surface area contributed by atoms with Crippen LogP contribution in [0.5, 0.6) is 0 Å². The topological polar surface area (TPSA) is 68.2 Å². The minimum atomic E-state index is -0.516. The van der Waals surface area contributed by atoms with Crippen LogP contribution in [0.1, 0.15) is 20.3 Å². The number of anilines is 1. The van der Waals surface area contributed by atoms with Gasteiger partial charge < -0.3 is 15.5 Å². The molecule has 0 aliphatic heterocycles. The molecule has 0 aliphatic rings. The lowest BCUT2D eigenvalue weighted by Crippen LogP contribution is -2.26. The van der Waals surface area contributed by atoms with Gasteiger partial charge in [0.15, 0.2) is 0 Å². The molecule has 0 atom stereocenters. The molecule has 0 unspecified atom stereocenters. The van der Waals surface area contributed by atoms with E-state index < -0.39 is 5.91 Å². The van der Waals surface area contributed by atoms with E-state index in [0.29, 0.717) is 22.3 Å². The number of benzene rings is 1. The Labute approximate surface area is 153 Å². The smallest absolute Gasteiger partial charge is 0.267 e. The third-order valence-electron chi connectivity index (χ3n) is 3.48. The molecule has 0 saturated heterocycles. The summed E-state index contributed by atoms with van der Waals surface area (Å²) in [6.07, 6.45) is 2.36. The van der Waals surface area contributed by atoms with Crippen LogP contribution in [0.15, 0.2) is 30.0 Å². The van der Waals surface area contributed by atoms with Gasteiger partial charge in [0.25, 0.3) is 5.91 Å². The van der Waals surface area contributed by atoms with Crippen molar-refractivity contribution in [3.05, 3.63) is 40.0 Å². The molecule has 0 aliphatic carbocycles. The number of amides is 1. The number of carbonyl (C=O) groups excluding carboxylic acids is 1. The van der Waals surface area contributed by atoms with Crippen LogP contribution in [-0.4, -0.2) is 37.0 Å². The number of nitrogens with zero attached hydrogens (tertiary/aromatic N) is 2. The molecule has 5 nitrogen and oxygen atoms in total. The Morgan fingerprint density at radius 2 is 2.04 bits per heavy atom. The van der Waals surface area contributed by atoms with Gasteiger partial charge in [0.05, 0.1) is 10.7 Å². The zero-order valence-corrected chi connectivity index (χ0v) is 15.4. The second kappa shape index (κ2) is 10.9. The van der Waals surface area contributed by atoms with E-state index in [0.717, 1.165) is 26.1 Å². The largest absolute Gasteiger partial charge is 0.390 e. The molecule has 0 heterocycles. The average molecular weight is 369 g/mol. The van der Waals surface area contributed by atoms with Crippen LogP contribution >= 0.6 is 23.2 Å². The first kappa shape index (κ1) is 20.3. The molecule has 1 aromatic carbocycles. The lowest BCUT2D eigenvalue weighted by Gasteiger charge is -2.17. The van der Waals surface area contributed by atoms with Gasteiger partial charge in [0, 0.05) is 17.8 Å². The van der Waals surface area contributed by atoms with E-state index in [1.165, 1.54) is 12.3 Å². The minimum absolute atomic E-state index is 0.0103. The first-order chi connectivity index (χ1) is 11.5. The highest BCUT2D eigenvalue weighted by Gasteiger charge is 2.11. The Balaban J connectivity index is 2.52. The van der Waals surface area contributed by atoms with Crippen LogP contribution in [0.3, 0.4) is 0 Å². The van der Waals surface area contributed by atoms with E-state index in [2.05, 4.69) is 29.4 Å². The molecule has 1 amide bonds. The third kappa shape index (κ3) is 6.79. The van der Waals surface area contributed by atoms with Gasteiger partial charge in [-0.3, -0.25) is 4.79 Å². The van der Waals surface area contributed by atoms with Crippen molar-refractivity contribution in [2.75, 3.05) is 31.5 Å². The fourth-order valence-electron chi connectivity index (χ4n) is 2.05. The summed E-state index contributed by atoms with van der Waals surface area (Å²) >= 11 is 11.8. The molecule has 1 rings (SSSR count). The van der Waals surface area contributed by atoms with E-state index in [1.54, 1.807) is 12.1 Å². The molecule has 7 heteroatoms. The van der Waals surface area contributed by atoms with Gasteiger partial charge in [-0.15, -0.1) is 0 Å². The van der Waals surface area contributed by atoms with Crippen LogP contribution in [-0.2, 0) is 4.79 Å². The zero-order valence-electron chi connectivity index (χ0n) is 13.9. The predicted molar refractivity (Wildman–Crippen MR) is 99.2 cm³/mol. The van der Waals surface area contributed by atoms with Crippen molar-refractivity contribution in [3.63, 3.8) is 0 Å². The molecule has 0 fully saturated rings. The summed E-state index contributed by atoms with van der Waals surface area (Å²) in [7, 11) is 0. The van der Waals surface area contributed by atoms with Crippen molar-refractivity contribution in [3.8, 4) is 6.07 Å².